The van der Waals surface area contributed by atoms with E-state index in [9.17, 15) is 13.6 Å². The minimum absolute atomic E-state index is 0.106. The van der Waals surface area contributed by atoms with Crippen LogP contribution < -0.4 is 4.90 Å². The lowest BCUT2D eigenvalue weighted by molar-refractivity contribution is -0.134. The lowest BCUT2D eigenvalue weighted by Crippen LogP contribution is -2.43. The van der Waals surface area contributed by atoms with Gasteiger partial charge in [0.1, 0.15) is 0 Å². The van der Waals surface area contributed by atoms with Crippen LogP contribution in [0.25, 0.3) is 0 Å². The van der Waals surface area contributed by atoms with E-state index < -0.39 is 5.92 Å². The largest absolute Gasteiger partial charge is 0.341 e. The van der Waals surface area contributed by atoms with E-state index in [1.165, 1.54) is 43.6 Å². The lowest BCUT2D eigenvalue weighted by Gasteiger charge is -2.36. The van der Waals surface area contributed by atoms with E-state index in [1.54, 1.807) is 0 Å². The third-order valence-electron chi connectivity index (χ3n) is 9.48. The van der Waals surface area contributed by atoms with Gasteiger partial charge in [0.05, 0.1) is 11.6 Å². The molecule has 6 rings (SSSR count). The first-order chi connectivity index (χ1) is 17.8. The van der Waals surface area contributed by atoms with Gasteiger partial charge in [0.25, 0.3) is 5.92 Å². The first kappa shape index (κ1) is 24.7. The van der Waals surface area contributed by atoms with Crippen LogP contribution in [0.1, 0.15) is 56.1 Å². The summed E-state index contributed by atoms with van der Waals surface area (Å²) in [6.07, 6.45) is 8.29. The third kappa shape index (κ3) is 4.85. The highest BCUT2D eigenvalue weighted by atomic mass is 19.3. The molecule has 8 heteroatoms. The Balaban J connectivity index is 0.974. The maximum Gasteiger partial charge on any atom is 0.273 e. The molecule has 6 nitrogen and oxygen atoms in total. The van der Waals surface area contributed by atoms with Crippen molar-refractivity contribution in [3.05, 3.63) is 53.9 Å². The average molecular weight is 510 g/mol. The molecule has 2 aliphatic carbocycles. The monoisotopic (exact) mass is 509 g/mol. The summed E-state index contributed by atoms with van der Waals surface area (Å²) in [5.74, 6) is -0.346. The van der Waals surface area contributed by atoms with Gasteiger partial charge in [-0.15, -0.1) is 0 Å². The Hall–Kier alpha value is -2.61. The molecule has 4 aliphatic rings. The van der Waals surface area contributed by atoms with Crippen molar-refractivity contribution in [3.63, 3.8) is 0 Å². The number of hydrogen-bond acceptors (Lipinski definition) is 5. The highest BCUT2D eigenvalue weighted by Crippen LogP contribution is 2.54. The Morgan fingerprint density at radius 3 is 2.24 bits per heavy atom. The number of halogens is 2. The molecule has 1 aromatic heterocycles. The van der Waals surface area contributed by atoms with Crippen molar-refractivity contribution in [2.45, 2.75) is 63.0 Å². The summed E-state index contributed by atoms with van der Waals surface area (Å²) in [5, 5.41) is 0. The Bertz CT molecular complexity index is 1090. The molecule has 1 amide bonds. The van der Waals surface area contributed by atoms with Gasteiger partial charge >= 0.3 is 0 Å². The number of carbonyl (C=O) groups excluding carboxylic acids is 1. The summed E-state index contributed by atoms with van der Waals surface area (Å²) in [5.41, 5.74) is 1.30. The zero-order chi connectivity index (χ0) is 25.7. The van der Waals surface area contributed by atoms with Crippen LogP contribution >= 0.6 is 0 Å². The van der Waals surface area contributed by atoms with Gasteiger partial charge in [-0.1, -0.05) is 30.3 Å². The summed E-state index contributed by atoms with van der Waals surface area (Å²) in [6.45, 7) is 4.34. The molecule has 0 N–H and O–H groups in total. The number of likely N-dealkylation sites (tertiary alicyclic amines) is 1. The van der Waals surface area contributed by atoms with Crippen molar-refractivity contribution < 1.29 is 13.6 Å². The molecule has 37 heavy (non-hydrogen) atoms. The van der Waals surface area contributed by atoms with Crippen LogP contribution in [-0.2, 0) is 10.7 Å². The predicted octanol–water partition coefficient (Wildman–Crippen LogP) is 4.53. The topological polar surface area (TPSA) is 52.6 Å². The predicted molar refractivity (Wildman–Crippen MR) is 138 cm³/mol. The highest BCUT2D eigenvalue weighted by Gasteiger charge is 2.61. The first-order valence-electron chi connectivity index (χ1n) is 13.8. The van der Waals surface area contributed by atoms with Gasteiger partial charge in [-0.3, -0.25) is 9.69 Å². The molecule has 1 unspecified atom stereocenters. The zero-order valence-corrected chi connectivity index (χ0v) is 21.8. The number of rotatable bonds is 6. The van der Waals surface area contributed by atoms with Gasteiger partial charge in [0.2, 0.25) is 11.9 Å². The Kier molecular flexibility index (Phi) is 6.42. The van der Waals surface area contributed by atoms with E-state index in [0.717, 1.165) is 33.0 Å². The summed E-state index contributed by atoms with van der Waals surface area (Å²) < 4.78 is 26.9. The molecule has 4 atom stereocenters. The number of likely N-dealkylation sites (N-methyl/N-ethyl adjacent to an activating group) is 1. The lowest BCUT2D eigenvalue weighted by atomic mass is 9.81. The smallest absolute Gasteiger partial charge is 0.273 e. The first-order valence-corrected chi connectivity index (χ1v) is 13.8. The number of fused-ring (bicyclic) bond motifs is 1. The molecular weight excluding hydrogens is 472 g/mol. The number of benzene rings is 1. The molecule has 1 aromatic carbocycles. The van der Waals surface area contributed by atoms with Crippen LogP contribution in [0.4, 0.5) is 14.7 Å². The van der Waals surface area contributed by atoms with Crippen molar-refractivity contribution in [2.75, 3.05) is 38.1 Å². The van der Waals surface area contributed by atoms with Gasteiger partial charge in [0.15, 0.2) is 0 Å². The van der Waals surface area contributed by atoms with Gasteiger partial charge in [0, 0.05) is 64.5 Å². The molecule has 2 saturated heterocycles. The molecule has 2 aromatic rings. The van der Waals surface area contributed by atoms with E-state index in [1.807, 2.05) is 16.8 Å². The number of carbonyl (C=O) groups is 1. The summed E-state index contributed by atoms with van der Waals surface area (Å²) >= 11 is 0. The summed E-state index contributed by atoms with van der Waals surface area (Å²) in [4.78, 5) is 28.3. The van der Waals surface area contributed by atoms with Crippen LogP contribution in [-0.4, -0.2) is 71.0 Å². The van der Waals surface area contributed by atoms with E-state index in [4.69, 9.17) is 0 Å². The normalized spacial score (nSPS) is 31.8. The fraction of sp³-hybridized carbons (Fsp3) is 0.621. The SMILES string of the molecule is CN(C(=O)C1[C@H]2CN(C3CCC(c4ccccc4)CC3)C[C@@H]12)[C@H]1CCN(c2ncc(C(C)(F)F)cn2)C1. The second-order valence-corrected chi connectivity index (χ2v) is 11.7. The molecule has 2 saturated carbocycles. The number of hydrogen-bond donors (Lipinski definition) is 0. The number of piperidine rings is 1. The maximum atomic E-state index is 13.5. The van der Waals surface area contributed by atoms with Gasteiger partial charge < -0.3 is 9.80 Å². The van der Waals surface area contributed by atoms with Gasteiger partial charge in [-0.05, 0) is 55.4 Å². The number of aromatic nitrogens is 2. The second-order valence-electron chi connectivity index (χ2n) is 11.7. The number of nitrogens with zero attached hydrogens (tertiary/aromatic N) is 5. The molecule has 4 fully saturated rings. The Morgan fingerprint density at radius 1 is 0.973 bits per heavy atom. The zero-order valence-electron chi connectivity index (χ0n) is 21.8. The van der Waals surface area contributed by atoms with Crippen LogP contribution in [0.2, 0.25) is 0 Å². The van der Waals surface area contributed by atoms with Crippen molar-refractivity contribution in [1.29, 1.82) is 0 Å². The summed E-state index contributed by atoms with van der Waals surface area (Å²) in [6, 6.07) is 11.7. The van der Waals surface area contributed by atoms with Crippen LogP contribution in [0.3, 0.4) is 0 Å². The molecule has 0 bridgehead atoms. The third-order valence-corrected chi connectivity index (χ3v) is 9.48. The molecule has 198 valence electrons. The molecular formula is C29H37F2N5O. The maximum absolute atomic E-state index is 13.5. The van der Waals surface area contributed by atoms with Crippen molar-refractivity contribution >= 4 is 11.9 Å². The minimum atomic E-state index is -2.95. The van der Waals surface area contributed by atoms with Gasteiger partial charge in [-0.2, -0.15) is 0 Å². The quantitative estimate of drug-likeness (QED) is 0.573. The fourth-order valence-electron chi connectivity index (χ4n) is 7.09. The van der Waals surface area contributed by atoms with E-state index >= 15 is 0 Å². The second kappa shape index (κ2) is 9.61. The summed E-state index contributed by atoms with van der Waals surface area (Å²) in [7, 11) is 1.93. The Morgan fingerprint density at radius 2 is 1.62 bits per heavy atom. The van der Waals surface area contributed by atoms with E-state index in [2.05, 4.69) is 45.2 Å². The molecule has 3 heterocycles. The average Bonchev–Trinajstić information content (AvgIpc) is 3.25. The fourth-order valence-corrected chi connectivity index (χ4v) is 7.09. The Labute approximate surface area is 218 Å². The van der Waals surface area contributed by atoms with Crippen molar-refractivity contribution in [3.8, 4) is 0 Å². The standard InChI is InChI=1S/C29H37F2N5O/c1-29(30,31)21-14-32-28(33-15-21)35-13-12-23(16-35)34(2)27(37)26-24-17-36(18-25(24)26)22-10-8-20(9-11-22)19-6-4-3-5-7-19/h3-7,14-15,20,22-26H,8-13,16-18H2,1-2H3/t20?,22?,23-,24-,25+,26?/m0/s1. The highest BCUT2D eigenvalue weighted by molar-refractivity contribution is 5.83. The number of anilines is 1. The van der Waals surface area contributed by atoms with Crippen LogP contribution in [0, 0.1) is 17.8 Å². The molecule has 0 spiro atoms. The number of alkyl halides is 2. The van der Waals surface area contributed by atoms with E-state index in [0.29, 0.717) is 36.3 Å². The van der Waals surface area contributed by atoms with Crippen molar-refractivity contribution in [2.24, 2.45) is 17.8 Å². The molecule has 0 radical (unpaired) electrons. The van der Waals surface area contributed by atoms with E-state index in [-0.39, 0.29) is 23.4 Å². The minimum Gasteiger partial charge on any atom is -0.341 e. The van der Waals surface area contributed by atoms with Gasteiger partial charge in [-0.25, -0.2) is 18.7 Å². The molecule has 2 aliphatic heterocycles. The van der Waals surface area contributed by atoms with Crippen molar-refractivity contribution in [1.82, 2.24) is 19.8 Å². The number of amides is 1. The van der Waals surface area contributed by atoms with Crippen LogP contribution in [0.15, 0.2) is 42.7 Å². The van der Waals surface area contributed by atoms with Crippen LogP contribution in [0.5, 0.6) is 0 Å².